The van der Waals surface area contributed by atoms with E-state index in [-0.39, 0.29) is 0 Å². The van der Waals surface area contributed by atoms with Gasteiger partial charge < -0.3 is 4.74 Å². The van der Waals surface area contributed by atoms with Crippen LogP contribution in [0, 0.1) is 11.8 Å². The lowest BCUT2D eigenvalue weighted by atomic mass is 9.80. The Morgan fingerprint density at radius 3 is 2.33 bits per heavy atom. The summed E-state index contributed by atoms with van der Waals surface area (Å²) in [6.45, 7) is 8.31. The van der Waals surface area contributed by atoms with Gasteiger partial charge in [-0.2, -0.15) is 0 Å². The van der Waals surface area contributed by atoms with Crippen molar-refractivity contribution in [2.24, 2.45) is 11.8 Å². The number of unbranched alkanes of at least 4 members (excludes halogenated alkanes) is 1. The van der Waals surface area contributed by atoms with Gasteiger partial charge in [-0.05, 0) is 70.3 Å². The molecular formula is C22H37NO3S. The van der Waals surface area contributed by atoms with Crippen LogP contribution >= 0.6 is 0 Å². The summed E-state index contributed by atoms with van der Waals surface area (Å²) < 4.78 is 29.8. The van der Waals surface area contributed by atoms with E-state index < -0.39 is 14.6 Å². The van der Waals surface area contributed by atoms with Crippen molar-refractivity contribution in [2.45, 2.75) is 83.8 Å². The first-order valence-corrected chi connectivity index (χ1v) is 12.2. The highest BCUT2D eigenvalue weighted by atomic mass is 32.2. The summed E-state index contributed by atoms with van der Waals surface area (Å²) in [5.74, 6) is 2.12. The highest BCUT2D eigenvalue weighted by Gasteiger charge is 2.33. The standard InChI is InChI=1S/C22H37NO3S/c1-5-6-15-26-21-14-13-19(16-23-21)10-7-18-8-11-20(12-9-18)17-27(24,25)22(2,3)4/h13-14,16,18,20H,5-12,15,17H2,1-4H3. The largest absolute Gasteiger partial charge is 0.478 e. The second-order valence-electron chi connectivity index (χ2n) is 9.03. The zero-order chi connectivity index (χ0) is 19.9. The molecule has 0 amide bonds. The number of aromatic nitrogens is 1. The molecule has 4 nitrogen and oxygen atoms in total. The summed E-state index contributed by atoms with van der Waals surface area (Å²) in [4.78, 5) is 4.40. The van der Waals surface area contributed by atoms with Gasteiger partial charge in [-0.1, -0.05) is 32.3 Å². The van der Waals surface area contributed by atoms with Crippen LogP contribution < -0.4 is 4.74 Å². The molecule has 154 valence electrons. The van der Waals surface area contributed by atoms with Crippen LogP contribution in [0.25, 0.3) is 0 Å². The molecule has 2 rings (SSSR count). The third-order valence-electron chi connectivity index (χ3n) is 5.74. The van der Waals surface area contributed by atoms with Crippen molar-refractivity contribution in [1.29, 1.82) is 0 Å². The lowest BCUT2D eigenvalue weighted by molar-refractivity contribution is 0.278. The molecule has 0 atom stereocenters. The summed E-state index contributed by atoms with van der Waals surface area (Å²) in [6, 6.07) is 4.09. The molecule has 5 heteroatoms. The molecule has 1 fully saturated rings. The summed E-state index contributed by atoms with van der Waals surface area (Å²) in [7, 11) is -3.00. The number of sulfone groups is 1. The Balaban J connectivity index is 1.72. The van der Waals surface area contributed by atoms with Crippen LogP contribution in [0.5, 0.6) is 5.88 Å². The highest BCUT2D eigenvalue weighted by Crippen LogP contribution is 2.34. The predicted octanol–water partition coefficient (Wildman–Crippen LogP) is 5.21. The molecule has 0 unspecified atom stereocenters. The normalized spacial score (nSPS) is 21.2. The SMILES string of the molecule is CCCCOc1ccc(CCC2CCC(CS(=O)(=O)C(C)(C)C)CC2)cn1. The van der Waals surface area contributed by atoms with Crippen LogP contribution in [0.1, 0.15) is 78.2 Å². The third kappa shape index (κ3) is 7.10. The molecule has 0 N–H and O–H groups in total. The van der Waals surface area contributed by atoms with Gasteiger partial charge in [-0.15, -0.1) is 0 Å². The first-order valence-electron chi connectivity index (χ1n) is 10.5. The molecule has 0 saturated heterocycles. The highest BCUT2D eigenvalue weighted by molar-refractivity contribution is 7.92. The number of aryl methyl sites for hydroxylation is 1. The lowest BCUT2D eigenvalue weighted by Crippen LogP contribution is -2.34. The molecule has 0 radical (unpaired) electrons. The minimum Gasteiger partial charge on any atom is -0.478 e. The van der Waals surface area contributed by atoms with Crippen molar-refractivity contribution < 1.29 is 13.2 Å². The molecule has 0 bridgehead atoms. The molecule has 0 spiro atoms. The quantitative estimate of drug-likeness (QED) is 0.538. The molecule has 1 saturated carbocycles. The fraction of sp³-hybridized carbons (Fsp3) is 0.773. The molecule has 1 aliphatic rings. The van der Waals surface area contributed by atoms with E-state index in [0.717, 1.165) is 58.0 Å². The van der Waals surface area contributed by atoms with E-state index in [1.807, 2.05) is 33.0 Å². The maximum atomic E-state index is 12.4. The molecule has 1 aromatic rings. The number of hydrogen-bond acceptors (Lipinski definition) is 4. The molecule has 1 heterocycles. The van der Waals surface area contributed by atoms with Crippen molar-refractivity contribution in [3.05, 3.63) is 23.9 Å². The molecular weight excluding hydrogens is 358 g/mol. The van der Waals surface area contributed by atoms with Crippen molar-refractivity contribution in [2.75, 3.05) is 12.4 Å². The van der Waals surface area contributed by atoms with E-state index >= 15 is 0 Å². The van der Waals surface area contributed by atoms with Crippen LogP contribution in [0.3, 0.4) is 0 Å². The molecule has 1 aliphatic carbocycles. The summed E-state index contributed by atoms with van der Waals surface area (Å²) in [5.41, 5.74) is 1.26. The fourth-order valence-electron chi connectivity index (χ4n) is 3.58. The van der Waals surface area contributed by atoms with Crippen molar-refractivity contribution in [3.8, 4) is 5.88 Å². The Labute approximate surface area is 166 Å². The monoisotopic (exact) mass is 395 g/mol. The van der Waals surface area contributed by atoms with Gasteiger partial charge in [0.25, 0.3) is 0 Å². The molecule has 0 aromatic carbocycles. The predicted molar refractivity (Wildman–Crippen MR) is 112 cm³/mol. The molecule has 27 heavy (non-hydrogen) atoms. The first-order chi connectivity index (χ1) is 12.7. The minimum atomic E-state index is -3.00. The Bertz CT molecular complexity index is 654. The maximum absolute atomic E-state index is 12.4. The second-order valence-corrected chi connectivity index (χ2v) is 11.8. The summed E-state index contributed by atoms with van der Waals surface area (Å²) >= 11 is 0. The lowest BCUT2D eigenvalue weighted by Gasteiger charge is -2.30. The Kier molecular flexibility index (Phi) is 8.14. The number of nitrogens with zero attached hydrogens (tertiary/aromatic N) is 1. The van der Waals surface area contributed by atoms with Gasteiger partial charge in [-0.3, -0.25) is 0 Å². The van der Waals surface area contributed by atoms with Gasteiger partial charge in [-0.25, -0.2) is 13.4 Å². The van der Waals surface area contributed by atoms with Gasteiger partial charge in [0.2, 0.25) is 5.88 Å². The zero-order valence-corrected chi connectivity index (χ0v) is 18.4. The van der Waals surface area contributed by atoms with Gasteiger partial charge in [0, 0.05) is 12.3 Å². The van der Waals surface area contributed by atoms with Gasteiger partial charge in [0.15, 0.2) is 9.84 Å². The van der Waals surface area contributed by atoms with Gasteiger partial charge in [0.05, 0.1) is 17.1 Å². The van der Waals surface area contributed by atoms with E-state index in [4.69, 9.17) is 4.74 Å². The van der Waals surface area contributed by atoms with Crippen LogP contribution in [-0.2, 0) is 16.3 Å². The van der Waals surface area contributed by atoms with Gasteiger partial charge >= 0.3 is 0 Å². The Morgan fingerprint density at radius 1 is 1.11 bits per heavy atom. The number of pyridine rings is 1. The summed E-state index contributed by atoms with van der Waals surface area (Å²) in [5, 5.41) is 0. The minimum absolute atomic E-state index is 0.340. The van der Waals surface area contributed by atoms with E-state index in [2.05, 4.69) is 18.0 Å². The zero-order valence-electron chi connectivity index (χ0n) is 17.5. The van der Waals surface area contributed by atoms with E-state index in [1.54, 1.807) is 0 Å². The number of ether oxygens (including phenoxy) is 1. The Morgan fingerprint density at radius 2 is 1.78 bits per heavy atom. The van der Waals surface area contributed by atoms with Crippen LogP contribution in [-0.4, -0.2) is 30.5 Å². The summed E-state index contributed by atoms with van der Waals surface area (Å²) in [6.07, 6.45) is 10.7. The Hall–Kier alpha value is -1.10. The van der Waals surface area contributed by atoms with Crippen molar-refractivity contribution in [3.63, 3.8) is 0 Å². The van der Waals surface area contributed by atoms with Crippen molar-refractivity contribution in [1.82, 2.24) is 4.98 Å². The average Bonchev–Trinajstić information content (AvgIpc) is 2.61. The molecule has 1 aromatic heterocycles. The smallest absolute Gasteiger partial charge is 0.213 e. The fourth-order valence-corrected chi connectivity index (χ4v) is 5.04. The van der Waals surface area contributed by atoms with E-state index in [0.29, 0.717) is 23.5 Å². The second kappa shape index (κ2) is 9.90. The van der Waals surface area contributed by atoms with Crippen LogP contribution in [0.15, 0.2) is 18.3 Å². The van der Waals surface area contributed by atoms with Crippen molar-refractivity contribution >= 4 is 9.84 Å². The van der Waals surface area contributed by atoms with E-state index in [1.165, 1.54) is 5.56 Å². The van der Waals surface area contributed by atoms with E-state index in [9.17, 15) is 8.42 Å². The first kappa shape index (κ1) is 22.2. The number of hydrogen-bond donors (Lipinski definition) is 0. The van der Waals surface area contributed by atoms with Gasteiger partial charge in [0.1, 0.15) is 0 Å². The third-order valence-corrected chi connectivity index (χ3v) is 8.52. The average molecular weight is 396 g/mol. The van der Waals surface area contributed by atoms with Crippen LogP contribution in [0.4, 0.5) is 0 Å². The maximum Gasteiger partial charge on any atom is 0.213 e. The number of rotatable bonds is 9. The topological polar surface area (TPSA) is 56.3 Å². The molecule has 0 aliphatic heterocycles. The van der Waals surface area contributed by atoms with Crippen LogP contribution in [0.2, 0.25) is 0 Å².